The Kier molecular flexibility index (Phi) is 5.91. The van der Waals surface area contributed by atoms with Crippen LogP contribution in [0.3, 0.4) is 0 Å². The van der Waals surface area contributed by atoms with Crippen LogP contribution in [0.4, 0.5) is 10.6 Å². The summed E-state index contributed by atoms with van der Waals surface area (Å²) in [6, 6.07) is 7.05. The SMILES string of the molecule is CCC(CCO)NC(=O)Nc1ccnn1Cc1ccccn1. The third-order valence-electron chi connectivity index (χ3n) is 3.30. The minimum atomic E-state index is -0.303. The molecule has 0 radical (unpaired) electrons. The van der Waals surface area contributed by atoms with E-state index in [9.17, 15) is 4.79 Å². The Hall–Kier alpha value is -2.41. The zero-order chi connectivity index (χ0) is 15.8. The molecule has 0 saturated carbocycles. The largest absolute Gasteiger partial charge is 0.396 e. The second-order valence-electron chi connectivity index (χ2n) is 4.91. The van der Waals surface area contributed by atoms with Crippen molar-refractivity contribution < 1.29 is 9.90 Å². The highest BCUT2D eigenvalue weighted by atomic mass is 16.3. The number of hydrogen-bond acceptors (Lipinski definition) is 4. The predicted octanol–water partition coefficient (Wildman–Crippen LogP) is 1.61. The average Bonchev–Trinajstić information content (AvgIpc) is 2.94. The number of nitrogens with zero attached hydrogens (tertiary/aromatic N) is 3. The number of hydrogen-bond donors (Lipinski definition) is 3. The maximum atomic E-state index is 12.0. The summed E-state index contributed by atoms with van der Waals surface area (Å²) in [4.78, 5) is 16.2. The van der Waals surface area contributed by atoms with E-state index in [0.717, 1.165) is 12.1 Å². The number of aliphatic hydroxyl groups excluding tert-OH is 1. The monoisotopic (exact) mass is 303 g/mol. The number of anilines is 1. The van der Waals surface area contributed by atoms with Crippen molar-refractivity contribution in [1.29, 1.82) is 0 Å². The van der Waals surface area contributed by atoms with Crippen LogP contribution in [0.2, 0.25) is 0 Å². The molecule has 0 aliphatic carbocycles. The first-order valence-electron chi connectivity index (χ1n) is 7.33. The molecular weight excluding hydrogens is 282 g/mol. The van der Waals surface area contributed by atoms with Gasteiger partial charge in [-0.2, -0.15) is 5.10 Å². The van der Waals surface area contributed by atoms with Crippen LogP contribution in [0.1, 0.15) is 25.5 Å². The van der Waals surface area contributed by atoms with Gasteiger partial charge in [-0.1, -0.05) is 13.0 Å². The summed E-state index contributed by atoms with van der Waals surface area (Å²) in [5, 5.41) is 18.8. The molecule has 7 heteroatoms. The fourth-order valence-electron chi connectivity index (χ4n) is 2.08. The Morgan fingerprint density at radius 1 is 1.36 bits per heavy atom. The zero-order valence-electron chi connectivity index (χ0n) is 12.6. The Morgan fingerprint density at radius 2 is 2.23 bits per heavy atom. The Balaban J connectivity index is 1.96. The van der Waals surface area contributed by atoms with E-state index in [1.165, 1.54) is 0 Å². The van der Waals surface area contributed by atoms with E-state index >= 15 is 0 Å². The summed E-state index contributed by atoms with van der Waals surface area (Å²) >= 11 is 0. The highest BCUT2D eigenvalue weighted by Crippen LogP contribution is 2.09. The minimum absolute atomic E-state index is 0.0443. The molecule has 2 heterocycles. The standard InChI is InChI=1S/C15H21N5O2/c1-2-12(7-10-21)18-15(22)19-14-6-9-17-20(14)11-13-5-3-4-8-16-13/h3-6,8-9,12,21H,2,7,10-11H2,1H3,(H2,18,19,22). The summed E-state index contributed by atoms with van der Waals surface area (Å²) in [7, 11) is 0. The lowest BCUT2D eigenvalue weighted by Gasteiger charge is -2.16. The summed E-state index contributed by atoms with van der Waals surface area (Å²) in [6.45, 7) is 2.50. The van der Waals surface area contributed by atoms with Gasteiger partial charge in [0.15, 0.2) is 0 Å². The molecule has 0 aliphatic rings. The molecule has 1 atom stereocenters. The van der Waals surface area contributed by atoms with Crippen molar-refractivity contribution in [2.24, 2.45) is 0 Å². The van der Waals surface area contributed by atoms with Crippen LogP contribution < -0.4 is 10.6 Å². The third kappa shape index (κ3) is 4.56. The molecule has 3 N–H and O–H groups in total. The zero-order valence-corrected chi connectivity index (χ0v) is 12.6. The smallest absolute Gasteiger partial charge is 0.320 e. The summed E-state index contributed by atoms with van der Waals surface area (Å²) in [6.07, 6.45) is 4.65. The highest BCUT2D eigenvalue weighted by Gasteiger charge is 2.12. The quantitative estimate of drug-likeness (QED) is 0.724. The maximum absolute atomic E-state index is 12.0. The molecule has 2 aromatic rings. The lowest BCUT2D eigenvalue weighted by atomic mass is 10.2. The van der Waals surface area contributed by atoms with Crippen LogP contribution in [-0.4, -0.2) is 38.6 Å². The number of aromatic nitrogens is 3. The van der Waals surface area contributed by atoms with Gasteiger partial charge in [-0.05, 0) is 25.0 Å². The van der Waals surface area contributed by atoms with Crippen molar-refractivity contribution in [3.05, 3.63) is 42.4 Å². The van der Waals surface area contributed by atoms with Crippen molar-refractivity contribution in [3.8, 4) is 0 Å². The predicted molar refractivity (Wildman–Crippen MR) is 83.5 cm³/mol. The molecular formula is C15H21N5O2. The van der Waals surface area contributed by atoms with Gasteiger partial charge in [-0.3, -0.25) is 10.3 Å². The lowest BCUT2D eigenvalue weighted by molar-refractivity contribution is 0.237. The van der Waals surface area contributed by atoms with E-state index in [-0.39, 0.29) is 18.7 Å². The van der Waals surface area contributed by atoms with Gasteiger partial charge >= 0.3 is 6.03 Å². The topological polar surface area (TPSA) is 92.1 Å². The van der Waals surface area contributed by atoms with Crippen molar-refractivity contribution in [3.63, 3.8) is 0 Å². The van der Waals surface area contributed by atoms with Crippen LogP contribution in [0.15, 0.2) is 36.7 Å². The first-order valence-corrected chi connectivity index (χ1v) is 7.33. The molecule has 0 saturated heterocycles. The molecule has 0 aromatic carbocycles. The van der Waals surface area contributed by atoms with Crippen molar-refractivity contribution in [1.82, 2.24) is 20.1 Å². The number of carbonyl (C=O) groups is 1. The first-order chi connectivity index (χ1) is 10.7. The van der Waals surface area contributed by atoms with Crippen LogP contribution >= 0.6 is 0 Å². The number of rotatable bonds is 7. The Morgan fingerprint density at radius 3 is 2.91 bits per heavy atom. The summed E-state index contributed by atoms with van der Waals surface area (Å²) in [5.41, 5.74) is 0.862. The van der Waals surface area contributed by atoms with Gasteiger partial charge < -0.3 is 10.4 Å². The Bertz CT molecular complexity index is 585. The molecule has 0 spiro atoms. The van der Waals surface area contributed by atoms with Crippen LogP contribution in [0.25, 0.3) is 0 Å². The molecule has 2 aromatic heterocycles. The third-order valence-corrected chi connectivity index (χ3v) is 3.30. The number of amides is 2. The second-order valence-corrected chi connectivity index (χ2v) is 4.91. The van der Waals surface area contributed by atoms with E-state index < -0.39 is 0 Å². The fourth-order valence-corrected chi connectivity index (χ4v) is 2.08. The highest BCUT2D eigenvalue weighted by molar-refractivity contribution is 5.88. The number of pyridine rings is 1. The van der Waals surface area contributed by atoms with Gasteiger partial charge in [0.25, 0.3) is 0 Å². The Labute approximate surface area is 129 Å². The van der Waals surface area contributed by atoms with E-state index in [2.05, 4.69) is 20.7 Å². The van der Waals surface area contributed by atoms with Gasteiger partial charge in [0.1, 0.15) is 5.82 Å². The fraction of sp³-hybridized carbons (Fsp3) is 0.400. The number of urea groups is 1. The van der Waals surface area contributed by atoms with Gasteiger partial charge in [0.05, 0.1) is 18.4 Å². The van der Waals surface area contributed by atoms with E-state index in [1.807, 2.05) is 25.1 Å². The van der Waals surface area contributed by atoms with Gasteiger partial charge in [-0.25, -0.2) is 9.48 Å². The number of nitrogens with one attached hydrogen (secondary N) is 2. The molecule has 0 fully saturated rings. The normalized spacial score (nSPS) is 11.9. The van der Waals surface area contributed by atoms with E-state index in [1.54, 1.807) is 23.1 Å². The van der Waals surface area contributed by atoms with Crippen LogP contribution in [-0.2, 0) is 6.54 Å². The maximum Gasteiger partial charge on any atom is 0.320 e. The minimum Gasteiger partial charge on any atom is -0.396 e. The lowest BCUT2D eigenvalue weighted by Crippen LogP contribution is -2.38. The molecule has 0 aliphatic heterocycles. The summed E-state index contributed by atoms with van der Waals surface area (Å²) in [5.74, 6) is 0.599. The molecule has 1 unspecified atom stereocenters. The molecule has 2 rings (SSSR count). The summed E-state index contributed by atoms with van der Waals surface area (Å²) < 4.78 is 1.68. The number of carbonyl (C=O) groups excluding carboxylic acids is 1. The van der Waals surface area contributed by atoms with Crippen LogP contribution in [0, 0.1) is 0 Å². The van der Waals surface area contributed by atoms with Gasteiger partial charge in [0.2, 0.25) is 0 Å². The first kappa shape index (κ1) is 16.0. The van der Waals surface area contributed by atoms with Gasteiger partial charge in [-0.15, -0.1) is 0 Å². The molecule has 118 valence electrons. The second kappa shape index (κ2) is 8.14. The van der Waals surface area contributed by atoms with Crippen LogP contribution in [0.5, 0.6) is 0 Å². The van der Waals surface area contributed by atoms with E-state index in [4.69, 9.17) is 5.11 Å². The van der Waals surface area contributed by atoms with Crippen molar-refractivity contribution in [2.45, 2.75) is 32.4 Å². The molecule has 0 bridgehead atoms. The van der Waals surface area contributed by atoms with E-state index in [0.29, 0.717) is 18.8 Å². The number of aliphatic hydroxyl groups is 1. The average molecular weight is 303 g/mol. The van der Waals surface area contributed by atoms with Crippen molar-refractivity contribution in [2.75, 3.05) is 11.9 Å². The molecule has 22 heavy (non-hydrogen) atoms. The molecule has 7 nitrogen and oxygen atoms in total. The van der Waals surface area contributed by atoms with Gasteiger partial charge in [0, 0.05) is 24.9 Å². The van der Waals surface area contributed by atoms with Crippen molar-refractivity contribution >= 4 is 11.8 Å². The molecule has 2 amide bonds.